The van der Waals surface area contributed by atoms with Crippen molar-refractivity contribution in [1.82, 2.24) is 24.7 Å². The first-order valence-electron chi connectivity index (χ1n) is 9.11. The topological polar surface area (TPSA) is 73.0 Å². The summed E-state index contributed by atoms with van der Waals surface area (Å²) in [6.45, 7) is 6.71. The third kappa shape index (κ3) is 3.43. The largest absolute Gasteiger partial charge is 0.370 e. The van der Waals surface area contributed by atoms with Crippen molar-refractivity contribution in [3.05, 3.63) is 56.3 Å². The Morgan fingerprint density at radius 3 is 2.93 bits per heavy atom. The molecule has 0 spiro atoms. The molecule has 2 aromatic heterocycles. The van der Waals surface area contributed by atoms with Crippen LogP contribution in [0.3, 0.4) is 0 Å². The molecule has 3 aromatic rings. The maximum atomic E-state index is 6.66. The van der Waals surface area contributed by atoms with Crippen molar-refractivity contribution in [3.63, 3.8) is 0 Å². The first-order chi connectivity index (χ1) is 13.5. The van der Waals surface area contributed by atoms with Crippen LogP contribution in [0.2, 0.25) is 5.15 Å². The van der Waals surface area contributed by atoms with E-state index in [1.807, 2.05) is 20.8 Å². The van der Waals surface area contributed by atoms with E-state index in [0.29, 0.717) is 15.7 Å². The van der Waals surface area contributed by atoms with Crippen molar-refractivity contribution in [2.24, 2.45) is 5.10 Å². The second-order valence-corrected chi connectivity index (χ2v) is 7.68. The molecule has 0 unspecified atom stereocenters. The number of ether oxygens (including phenoxy) is 1. The predicted octanol–water partition coefficient (Wildman–Crippen LogP) is 4.44. The van der Waals surface area contributed by atoms with Crippen LogP contribution in [0.5, 0.6) is 0 Å². The van der Waals surface area contributed by atoms with Gasteiger partial charge in [-0.2, -0.15) is 20.0 Å². The fourth-order valence-corrected chi connectivity index (χ4v) is 3.79. The molecule has 1 fully saturated rings. The third-order valence-electron chi connectivity index (χ3n) is 4.84. The van der Waals surface area contributed by atoms with Gasteiger partial charge in [0.25, 0.3) is 0 Å². The summed E-state index contributed by atoms with van der Waals surface area (Å²) in [5.74, 6) is 0.675. The van der Waals surface area contributed by atoms with Crippen molar-refractivity contribution in [3.8, 4) is 5.69 Å². The molecule has 146 valence electrons. The van der Waals surface area contributed by atoms with Gasteiger partial charge >= 0.3 is 0 Å². The lowest BCUT2D eigenvalue weighted by Crippen LogP contribution is -2.05. The standard InChI is InChI=1S/C19H21ClN6OS/c1-11-6-7-12(2)15(9-11)25-17(20)14(13(3)24-25)10-21-26-18(22-23-19(26)28)16-5-4-8-27-16/h6-7,9-10,16H,4-5,8H2,1-3H3,(H,23,28)/t16-/m0/s1. The quantitative estimate of drug-likeness (QED) is 0.504. The van der Waals surface area contributed by atoms with Crippen LogP contribution in [0.15, 0.2) is 23.3 Å². The highest BCUT2D eigenvalue weighted by Crippen LogP contribution is 2.28. The normalized spacial score (nSPS) is 17.1. The molecule has 3 heterocycles. The molecule has 1 atom stereocenters. The number of nitrogens with one attached hydrogen (secondary N) is 1. The number of aromatic amines is 1. The zero-order chi connectivity index (χ0) is 19.8. The molecule has 1 aliphatic heterocycles. The minimum absolute atomic E-state index is 0.0978. The van der Waals surface area contributed by atoms with Crippen LogP contribution in [-0.4, -0.2) is 37.5 Å². The monoisotopic (exact) mass is 416 g/mol. The SMILES string of the molecule is Cc1ccc(C)c(-n2nc(C)c(C=Nn3c([C@@H]4CCCO4)n[nH]c3=S)c2Cl)c1. The maximum absolute atomic E-state index is 6.66. The summed E-state index contributed by atoms with van der Waals surface area (Å²) in [5, 5.41) is 16.7. The van der Waals surface area contributed by atoms with Gasteiger partial charge < -0.3 is 4.74 Å². The summed E-state index contributed by atoms with van der Waals surface area (Å²) < 4.78 is 9.47. The number of aromatic nitrogens is 5. The maximum Gasteiger partial charge on any atom is 0.216 e. The Labute approximate surface area is 173 Å². The number of halogens is 1. The highest BCUT2D eigenvalue weighted by atomic mass is 35.5. The number of rotatable bonds is 4. The molecule has 1 aliphatic rings. The van der Waals surface area contributed by atoms with E-state index >= 15 is 0 Å². The average molecular weight is 417 g/mol. The molecule has 0 aliphatic carbocycles. The van der Waals surface area contributed by atoms with E-state index < -0.39 is 0 Å². The molecule has 9 heteroatoms. The van der Waals surface area contributed by atoms with Crippen LogP contribution in [0.25, 0.3) is 5.69 Å². The number of hydrogen-bond acceptors (Lipinski definition) is 5. The Morgan fingerprint density at radius 1 is 1.36 bits per heavy atom. The lowest BCUT2D eigenvalue weighted by molar-refractivity contribution is 0.102. The zero-order valence-corrected chi connectivity index (χ0v) is 17.5. The lowest BCUT2D eigenvalue weighted by atomic mass is 10.1. The molecule has 4 rings (SSSR count). The molecule has 0 amide bonds. The van der Waals surface area contributed by atoms with E-state index in [-0.39, 0.29) is 6.10 Å². The Hall–Kier alpha value is -2.29. The minimum Gasteiger partial charge on any atom is -0.370 e. The van der Waals surface area contributed by atoms with Gasteiger partial charge in [-0.15, -0.1) is 0 Å². The van der Waals surface area contributed by atoms with E-state index in [2.05, 4.69) is 38.6 Å². The van der Waals surface area contributed by atoms with Gasteiger partial charge in [0.1, 0.15) is 11.3 Å². The smallest absolute Gasteiger partial charge is 0.216 e. The number of nitrogens with zero attached hydrogens (tertiary/aromatic N) is 5. The van der Waals surface area contributed by atoms with Crippen molar-refractivity contribution < 1.29 is 4.74 Å². The van der Waals surface area contributed by atoms with Crippen LogP contribution in [-0.2, 0) is 4.74 Å². The first kappa shape index (κ1) is 19.0. The van der Waals surface area contributed by atoms with Gasteiger partial charge in [0.2, 0.25) is 4.77 Å². The van der Waals surface area contributed by atoms with Crippen LogP contribution in [0.4, 0.5) is 0 Å². The Morgan fingerprint density at radius 2 is 2.18 bits per heavy atom. The summed E-state index contributed by atoms with van der Waals surface area (Å²) in [4.78, 5) is 0. The number of aryl methyl sites for hydroxylation is 3. The van der Waals surface area contributed by atoms with Gasteiger partial charge in [-0.25, -0.2) is 4.68 Å². The highest BCUT2D eigenvalue weighted by Gasteiger charge is 2.24. The van der Waals surface area contributed by atoms with E-state index in [0.717, 1.165) is 47.5 Å². The van der Waals surface area contributed by atoms with E-state index in [1.165, 1.54) is 0 Å². The second-order valence-electron chi connectivity index (χ2n) is 6.94. The molecule has 1 saturated heterocycles. The number of hydrogen-bond donors (Lipinski definition) is 1. The van der Waals surface area contributed by atoms with Crippen LogP contribution in [0, 0.1) is 25.5 Å². The van der Waals surface area contributed by atoms with Gasteiger partial charge in [-0.05, 0) is 63.0 Å². The second kappa shape index (κ2) is 7.62. The van der Waals surface area contributed by atoms with E-state index in [1.54, 1.807) is 15.6 Å². The van der Waals surface area contributed by atoms with Crippen molar-refractivity contribution >= 4 is 30.0 Å². The van der Waals surface area contributed by atoms with Gasteiger partial charge in [-0.3, -0.25) is 5.10 Å². The molecular formula is C19H21ClN6OS. The van der Waals surface area contributed by atoms with Gasteiger partial charge in [-0.1, -0.05) is 23.7 Å². The molecule has 1 N–H and O–H groups in total. The molecule has 0 bridgehead atoms. The Bertz CT molecular complexity index is 1110. The number of H-pyrrole nitrogens is 1. The fraction of sp³-hybridized carbons (Fsp3) is 0.368. The van der Waals surface area contributed by atoms with E-state index in [4.69, 9.17) is 28.6 Å². The molecule has 1 aromatic carbocycles. The molecule has 28 heavy (non-hydrogen) atoms. The van der Waals surface area contributed by atoms with Gasteiger partial charge in [0.15, 0.2) is 5.82 Å². The summed E-state index contributed by atoms with van der Waals surface area (Å²) in [6.07, 6.45) is 3.48. The summed E-state index contributed by atoms with van der Waals surface area (Å²) in [6, 6.07) is 6.19. The van der Waals surface area contributed by atoms with Gasteiger partial charge in [0.05, 0.1) is 23.2 Å². The van der Waals surface area contributed by atoms with Crippen molar-refractivity contribution in [1.29, 1.82) is 0 Å². The fourth-order valence-electron chi connectivity index (χ4n) is 3.29. The first-order valence-corrected chi connectivity index (χ1v) is 9.90. The highest BCUT2D eigenvalue weighted by molar-refractivity contribution is 7.71. The summed E-state index contributed by atoms with van der Waals surface area (Å²) >= 11 is 12.0. The third-order valence-corrected chi connectivity index (χ3v) is 5.46. The number of benzene rings is 1. The van der Waals surface area contributed by atoms with E-state index in [9.17, 15) is 0 Å². The Kier molecular flexibility index (Phi) is 5.18. The summed E-state index contributed by atoms with van der Waals surface area (Å²) in [5.41, 5.74) is 4.71. The molecule has 7 nitrogen and oxygen atoms in total. The lowest BCUT2D eigenvalue weighted by Gasteiger charge is -2.08. The van der Waals surface area contributed by atoms with Crippen LogP contribution in [0.1, 0.15) is 47.2 Å². The van der Waals surface area contributed by atoms with Crippen molar-refractivity contribution in [2.45, 2.75) is 39.7 Å². The zero-order valence-electron chi connectivity index (χ0n) is 15.9. The molecule has 0 radical (unpaired) electrons. The van der Waals surface area contributed by atoms with Crippen LogP contribution < -0.4 is 0 Å². The minimum atomic E-state index is -0.0978. The molecular weight excluding hydrogens is 396 g/mol. The average Bonchev–Trinajstić information content (AvgIpc) is 3.37. The predicted molar refractivity (Wildman–Crippen MR) is 111 cm³/mol. The van der Waals surface area contributed by atoms with Crippen molar-refractivity contribution in [2.75, 3.05) is 6.61 Å². The molecule has 0 saturated carbocycles. The Balaban J connectivity index is 1.72. The summed E-state index contributed by atoms with van der Waals surface area (Å²) in [7, 11) is 0. The van der Waals surface area contributed by atoms with Crippen LogP contribution >= 0.6 is 23.8 Å². The van der Waals surface area contributed by atoms with Gasteiger partial charge in [0, 0.05) is 6.61 Å².